The number of halogens is 6. The smallest absolute Gasteiger partial charge is 0.433 e. The van der Waals surface area contributed by atoms with Crippen molar-refractivity contribution in [3.63, 3.8) is 0 Å². The van der Waals surface area contributed by atoms with E-state index in [-0.39, 0.29) is 23.0 Å². The maximum absolute atomic E-state index is 13.5. The molecule has 6 aromatic rings. The number of unbranched alkanes of at least 4 members (excludes halogenated alkanes) is 2. The molecule has 0 atom stereocenters. The Kier molecular flexibility index (Phi) is 22.2. The molecule has 0 spiro atoms. The fraction of sp³-hybridized carbons (Fsp3) is 0.467. The van der Waals surface area contributed by atoms with E-state index in [4.69, 9.17) is 10.2 Å². The quantitative estimate of drug-likeness (QED) is 0.0525. The molecule has 84 heavy (non-hydrogen) atoms. The molecule has 24 heteroatoms. The van der Waals surface area contributed by atoms with Gasteiger partial charge >= 0.3 is 35.7 Å². The summed E-state index contributed by atoms with van der Waals surface area (Å²) in [5, 5.41) is 15.6. The number of alkyl halides is 6. The number of benzene rings is 2. The van der Waals surface area contributed by atoms with Gasteiger partial charge in [-0.15, -0.1) is 0 Å². The molecule has 2 aromatic carbocycles. The number of hydrogen-bond donors (Lipinski definition) is 2. The highest BCUT2D eigenvalue weighted by molar-refractivity contribution is 5.89. The van der Waals surface area contributed by atoms with E-state index >= 15 is 0 Å². The summed E-state index contributed by atoms with van der Waals surface area (Å²) in [4.78, 5) is 77.5. The van der Waals surface area contributed by atoms with Crippen LogP contribution in [-0.4, -0.2) is 136 Å². The molecule has 4 aromatic heterocycles. The lowest BCUT2D eigenvalue weighted by Gasteiger charge is -2.36. The third kappa shape index (κ3) is 19.9. The lowest BCUT2D eigenvalue weighted by Crippen LogP contribution is -2.47. The van der Waals surface area contributed by atoms with Crippen LogP contribution in [0.4, 0.5) is 38.0 Å². The largest absolute Gasteiger partial charge is 0.478 e. The maximum atomic E-state index is 13.5. The van der Waals surface area contributed by atoms with Crippen LogP contribution < -0.4 is 21.2 Å². The summed E-state index contributed by atoms with van der Waals surface area (Å²) in [5.41, 5.74) is 2.02. The topological polar surface area (TPSA) is 209 Å². The normalized spacial score (nSPS) is 14.6. The Hall–Kier alpha value is -7.86. The minimum Gasteiger partial charge on any atom is -0.478 e. The Morgan fingerprint density at radius 1 is 0.476 bits per heavy atom. The molecule has 2 saturated heterocycles. The van der Waals surface area contributed by atoms with Gasteiger partial charge in [-0.05, 0) is 64.8 Å². The lowest BCUT2D eigenvalue weighted by molar-refractivity contribution is -0.142. The van der Waals surface area contributed by atoms with Crippen LogP contribution in [0, 0.1) is 13.8 Å². The van der Waals surface area contributed by atoms with Crippen LogP contribution >= 0.6 is 0 Å². The molecule has 0 aliphatic carbocycles. The van der Waals surface area contributed by atoms with Crippen molar-refractivity contribution in [2.75, 3.05) is 75.2 Å². The predicted molar refractivity (Wildman–Crippen MR) is 309 cm³/mol. The maximum Gasteiger partial charge on any atom is 0.433 e. The van der Waals surface area contributed by atoms with Gasteiger partial charge in [0, 0.05) is 124 Å². The van der Waals surface area contributed by atoms with Crippen LogP contribution in [0.15, 0.2) is 107 Å². The summed E-state index contributed by atoms with van der Waals surface area (Å²) in [5.74, 6) is -1.46. The highest BCUT2D eigenvalue weighted by Gasteiger charge is 2.37. The molecule has 6 heterocycles. The number of carboxylic acid groups (broad SMARTS) is 2. The molecule has 0 amide bonds. The third-order valence-electron chi connectivity index (χ3n) is 13.8. The molecule has 2 fully saturated rings. The van der Waals surface area contributed by atoms with Gasteiger partial charge in [0.1, 0.15) is 34.7 Å². The Morgan fingerprint density at radius 2 is 0.798 bits per heavy atom. The molecular formula is C60H74F6N12O6. The van der Waals surface area contributed by atoms with E-state index in [2.05, 4.69) is 39.7 Å². The van der Waals surface area contributed by atoms with Gasteiger partial charge < -0.3 is 20.0 Å². The van der Waals surface area contributed by atoms with E-state index in [0.717, 1.165) is 99.3 Å². The van der Waals surface area contributed by atoms with Crippen molar-refractivity contribution in [1.82, 2.24) is 48.8 Å². The van der Waals surface area contributed by atoms with E-state index in [0.29, 0.717) is 74.4 Å². The van der Waals surface area contributed by atoms with E-state index in [1.165, 1.54) is 0 Å². The van der Waals surface area contributed by atoms with Crippen LogP contribution in [0.25, 0.3) is 22.5 Å². The van der Waals surface area contributed by atoms with Crippen LogP contribution in [0.2, 0.25) is 0 Å². The second-order valence-corrected chi connectivity index (χ2v) is 22.8. The van der Waals surface area contributed by atoms with Gasteiger partial charge in [0.15, 0.2) is 0 Å². The second-order valence-electron chi connectivity index (χ2n) is 22.8. The molecule has 2 aliphatic rings. The van der Waals surface area contributed by atoms with Gasteiger partial charge in [-0.25, -0.2) is 39.1 Å². The van der Waals surface area contributed by atoms with Gasteiger partial charge in [-0.2, -0.15) is 36.3 Å². The number of aromatic nitrogens is 8. The molecule has 0 radical (unpaired) electrons. The van der Waals surface area contributed by atoms with Crippen molar-refractivity contribution < 1.29 is 46.1 Å². The van der Waals surface area contributed by atoms with Gasteiger partial charge in [0.2, 0.25) is 0 Å². The predicted octanol–water partition coefficient (Wildman–Crippen LogP) is 9.57. The Bertz CT molecular complexity index is 3020. The summed E-state index contributed by atoms with van der Waals surface area (Å²) in [6.07, 6.45) is -0.833. The average molecular weight is 1170 g/mol. The molecule has 2 N–H and O–H groups in total. The van der Waals surface area contributed by atoms with Gasteiger partial charge in [0.05, 0.1) is 11.4 Å². The zero-order chi connectivity index (χ0) is 61.6. The fourth-order valence-electron chi connectivity index (χ4n) is 8.90. The van der Waals surface area contributed by atoms with E-state index in [1.54, 1.807) is 21.5 Å². The number of aryl methyl sites for hydroxylation is 4. The average Bonchev–Trinajstić information content (AvgIpc) is 2.59. The number of nitrogens with zero attached hydrogens (tertiary/aromatic N) is 12. The van der Waals surface area contributed by atoms with Crippen molar-refractivity contribution in [2.45, 2.75) is 117 Å². The Labute approximate surface area is 484 Å². The monoisotopic (exact) mass is 1170 g/mol. The standard InChI is InChI=1S/2C28H35F3N6O.C4H4O4/c2*1-20-7-9-21(10-8-20)22-11-14-37(26(38)32-22)13-6-5-12-35-15-17-36(18-16-35)24-19-23(28(29,30)31)33-25(34-24)27(2,3)4;5-3(6)1-2-4(7)8/h2*7-11,14,19H,5-6,12-13,15-18H2,1-4H3;1-2H,(H,5,6)(H,7,8). The highest BCUT2D eigenvalue weighted by atomic mass is 19.4. The van der Waals surface area contributed by atoms with Crippen molar-refractivity contribution in [3.8, 4) is 22.5 Å². The number of carboxylic acids is 2. The van der Waals surface area contributed by atoms with Crippen molar-refractivity contribution in [2.24, 2.45) is 0 Å². The van der Waals surface area contributed by atoms with Crippen LogP contribution in [0.5, 0.6) is 0 Å². The fourth-order valence-corrected chi connectivity index (χ4v) is 8.90. The van der Waals surface area contributed by atoms with Crippen LogP contribution in [-0.2, 0) is 45.9 Å². The van der Waals surface area contributed by atoms with Crippen LogP contribution in [0.3, 0.4) is 0 Å². The first-order chi connectivity index (χ1) is 39.4. The zero-order valence-electron chi connectivity index (χ0n) is 48.7. The Balaban J connectivity index is 0.000000238. The van der Waals surface area contributed by atoms with Crippen LogP contribution in [0.1, 0.15) is 101 Å². The number of hydrogen-bond acceptors (Lipinski definition) is 14. The summed E-state index contributed by atoms with van der Waals surface area (Å²) in [6, 6.07) is 21.7. The molecular weight excluding hydrogens is 1100 g/mol. The summed E-state index contributed by atoms with van der Waals surface area (Å²) in [7, 11) is 0. The third-order valence-corrected chi connectivity index (χ3v) is 13.8. The van der Waals surface area contributed by atoms with Crippen molar-refractivity contribution >= 4 is 23.6 Å². The van der Waals surface area contributed by atoms with Crippen molar-refractivity contribution in [3.05, 3.63) is 152 Å². The number of rotatable bonds is 16. The van der Waals surface area contributed by atoms with Gasteiger partial charge in [-0.3, -0.25) is 18.9 Å². The first-order valence-corrected chi connectivity index (χ1v) is 27.7. The Morgan fingerprint density at radius 3 is 1.08 bits per heavy atom. The van der Waals surface area contributed by atoms with E-state index < -0.39 is 46.5 Å². The molecule has 0 unspecified atom stereocenters. The minimum absolute atomic E-state index is 0.196. The SMILES string of the molecule is Cc1ccc(-c2ccn(CCCCN3CCN(c4cc(C(F)(F)F)nc(C(C)(C)C)n4)CC3)c(=O)n2)cc1.Cc1ccc(-c2ccn(CCCCN3CCN(c4cc(C(F)(F)F)nc(C(C)(C)C)n4)CC3)c(=O)n2)cc1.O=C(O)C=CC(=O)O. The van der Waals surface area contributed by atoms with E-state index in [9.17, 15) is 45.5 Å². The highest BCUT2D eigenvalue weighted by Crippen LogP contribution is 2.34. The molecule has 18 nitrogen and oxygen atoms in total. The second kappa shape index (κ2) is 28.6. The molecule has 0 bridgehead atoms. The number of carbonyl (C=O) groups is 2. The number of aliphatic carboxylic acids is 2. The van der Waals surface area contributed by atoms with Gasteiger partial charge in [-0.1, -0.05) is 101 Å². The number of anilines is 2. The molecule has 0 saturated carbocycles. The van der Waals surface area contributed by atoms with E-state index in [1.807, 2.05) is 126 Å². The first kappa shape index (κ1) is 65.3. The summed E-state index contributed by atoms with van der Waals surface area (Å²) >= 11 is 0. The molecule has 8 rings (SSSR count). The minimum atomic E-state index is -4.52. The summed E-state index contributed by atoms with van der Waals surface area (Å²) < 4.78 is 84.0. The summed E-state index contributed by atoms with van der Waals surface area (Å²) in [6.45, 7) is 23.2. The van der Waals surface area contributed by atoms with Gasteiger partial charge in [0.25, 0.3) is 0 Å². The van der Waals surface area contributed by atoms with Crippen molar-refractivity contribution in [1.29, 1.82) is 0 Å². The zero-order valence-corrected chi connectivity index (χ0v) is 48.7. The number of piperazine rings is 2. The lowest BCUT2D eigenvalue weighted by atomic mass is 9.95. The molecule has 452 valence electrons. The molecule has 2 aliphatic heterocycles. The first-order valence-electron chi connectivity index (χ1n) is 27.7.